The van der Waals surface area contributed by atoms with Crippen LogP contribution in [0.1, 0.15) is 12.0 Å². The Bertz CT molecular complexity index is 597. The van der Waals surface area contributed by atoms with Crippen molar-refractivity contribution in [3.8, 4) is 0 Å². The Labute approximate surface area is 123 Å². The Morgan fingerprint density at radius 1 is 1.43 bits per heavy atom. The predicted octanol–water partition coefficient (Wildman–Crippen LogP) is 0.0967. The van der Waals surface area contributed by atoms with E-state index in [1.807, 2.05) is 31.2 Å². The first-order valence-corrected chi connectivity index (χ1v) is 6.66. The van der Waals surface area contributed by atoms with Crippen molar-refractivity contribution in [3.05, 3.63) is 29.8 Å². The Kier molecular flexibility index (Phi) is 4.54. The number of aliphatic hydroxyl groups is 1. The first-order valence-electron chi connectivity index (χ1n) is 6.66. The summed E-state index contributed by atoms with van der Waals surface area (Å²) >= 11 is 0. The Morgan fingerprint density at radius 2 is 2.14 bits per heavy atom. The molecule has 1 amide bonds. The number of hydrogen-bond donors (Lipinski definition) is 3. The van der Waals surface area contributed by atoms with Crippen LogP contribution in [0.3, 0.4) is 0 Å². The van der Waals surface area contributed by atoms with E-state index in [9.17, 15) is 4.79 Å². The summed E-state index contributed by atoms with van der Waals surface area (Å²) in [5.74, 6) is -0.285. The molecule has 1 aliphatic heterocycles. The van der Waals surface area contributed by atoms with E-state index in [-0.39, 0.29) is 36.8 Å². The quantitative estimate of drug-likeness (QED) is 0.528. The van der Waals surface area contributed by atoms with Crippen LogP contribution in [0, 0.1) is 12.8 Å². The lowest BCUT2D eigenvalue weighted by atomic mass is 10.1. The highest BCUT2D eigenvalue weighted by atomic mass is 16.3. The topological polar surface area (TPSA) is 117 Å². The highest BCUT2D eigenvalue weighted by molar-refractivity contribution is 6.03. The lowest BCUT2D eigenvalue weighted by Gasteiger charge is -2.14. The molecule has 1 heterocycles. The van der Waals surface area contributed by atoms with Crippen molar-refractivity contribution in [1.82, 2.24) is 4.90 Å². The van der Waals surface area contributed by atoms with E-state index in [1.54, 1.807) is 0 Å². The molecule has 7 heteroatoms. The van der Waals surface area contributed by atoms with Gasteiger partial charge in [0.2, 0.25) is 17.8 Å². The van der Waals surface area contributed by atoms with Crippen LogP contribution in [0.4, 0.5) is 5.69 Å². The Hall–Kier alpha value is -2.41. The van der Waals surface area contributed by atoms with E-state index in [1.165, 1.54) is 4.90 Å². The monoisotopic (exact) mass is 289 g/mol. The number of likely N-dealkylation sites (tertiary alicyclic amines) is 1. The summed E-state index contributed by atoms with van der Waals surface area (Å²) in [7, 11) is 0. The third kappa shape index (κ3) is 3.57. The highest BCUT2D eigenvalue weighted by Gasteiger charge is 2.31. The molecule has 7 nitrogen and oxygen atoms in total. The predicted molar refractivity (Wildman–Crippen MR) is 81.0 cm³/mol. The maximum Gasteiger partial charge on any atom is 0.229 e. The number of guanidine groups is 2. The van der Waals surface area contributed by atoms with Crippen LogP contribution < -0.4 is 11.5 Å². The largest absolute Gasteiger partial charge is 0.396 e. The SMILES string of the molecule is Cc1ccccc1N=C(N)/N=C(\N)N1CC(CO)CC1=O. The van der Waals surface area contributed by atoms with Crippen molar-refractivity contribution < 1.29 is 9.90 Å². The Morgan fingerprint density at radius 3 is 2.76 bits per heavy atom. The van der Waals surface area contributed by atoms with Gasteiger partial charge in [0.25, 0.3) is 0 Å². The fourth-order valence-corrected chi connectivity index (χ4v) is 2.14. The molecule has 21 heavy (non-hydrogen) atoms. The second-order valence-corrected chi connectivity index (χ2v) is 4.98. The molecular weight excluding hydrogens is 270 g/mol. The van der Waals surface area contributed by atoms with E-state index < -0.39 is 0 Å². The zero-order chi connectivity index (χ0) is 15.4. The van der Waals surface area contributed by atoms with Gasteiger partial charge in [-0.05, 0) is 18.6 Å². The number of carbonyl (C=O) groups excluding carboxylic acids is 1. The minimum atomic E-state index is -0.168. The summed E-state index contributed by atoms with van der Waals surface area (Å²) in [6, 6.07) is 7.48. The van der Waals surface area contributed by atoms with Crippen LogP contribution in [0.5, 0.6) is 0 Å². The van der Waals surface area contributed by atoms with Gasteiger partial charge in [0.05, 0.1) is 5.69 Å². The molecule has 1 aromatic carbocycles. The summed E-state index contributed by atoms with van der Waals surface area (Å²) in [5.41, 5.74) is 13.2. The number of aryl methyl sites for hydroxylation is 1. The van der Waals surface area contributed by atoms with Gasteiger partial charge >= 0.3 is 0 Å². The number of benzene rings is 1. The van der Waals surface area contributed by atoms with Gasteiger partial charge in [-0.2, -0.15) is 4.99 Å². The number of nitrogens with zero attached hydrogens (tertiary/aromatic N) is 3. The minimum Gasteiger partial charge on any atom is -0.396 e. The first kappa shape index (κ1) is 15.0. The highest BCUT2D eigenvalue weighted by Crippen LogP contribution is 2.18. The average molecular weight is 289 g/mol. The van der Waals surface area contributed by atoms with Crippen LogP contribution in [-0.4, -0.2) is 41.0 Å². The summed E-state index contributed by atoms with van der Waals surface area (Å²) in [6.45, 7) is 2.21. The van der Waals surface area contributed by atoms with Gasteiger partial charge in [0, 0.05) is 25.5 Å². The second-order valence-electron chi connectivity index (χ2n) is 4.98. The molecule has 1 fully saturated rings. The summed E-state index contributed by atoms with van der Waals surface area (Å²) in [5, 5.41) is 9.08. The summed E-state index contributed by atoms with van der Waals surface area (Å²) in [4.78, 5) is 21.2. The number of amides is 1. The Balaban J connectivity index is 2.15. The van der Waals surface area contributed by atoms with E-state index in [0.717, 1.165) is 5.56 Å². The van der Waals surface area contributed by atoms with Crippen molar-refractivity contribution in [2.24, 2.45) is 27.4 Å². The molecule has 0 radical (unpaired) electrons. The van der Waals surface area contributed by atoms with Crippen molar-refractivity contribution in [3.63, 3.8) is 0 Å². The van der Waals surface area contributed by atoms with E-state index in [2.05, 4.69) is 9.98 Å². The molecule has 0 aliphatic carbocycles. The van der Waals surface area contributed by atoms with E-state index in [0.29, 0.717) is 12.2 Å². The fourth-order valence-electron chi connectivity index (χ4n) is 2.14. The van der Waals surface area contributed by atoms with Gasteiger partial charge < -0.3 is 16.6 Å². The lowest BCUT2D eigenvalue weighted by molar-refractivity contribution is -0.124. The number of hydrogen-bond acceptors (Lipinski definition) is 3. The average Bonchev–Trinajstić information content (AvgIpc) is 2.82. The summed E-state index contributed by atoms with van der Waals surface area (Å²) < 4.78 is 0. The van der Waals surface area contributed by atoms with Crippen LogP contribution in [0.2, 0.25) is 0 Å². The van der Waals surface area contributed by atoms with Gasteiger partial charge in [-0.25, -0.2) is 4.99 Å². The minimum absolute atomic E-state index is 0.00536. The van der Waals surface area contributed by atoms with Crippen molar-refractivity contribution in [2.45, 2.75) is 13.3 Å². The van der Waals surface area contributed by atoms with Crippen LogP contribution in [-0.2, 0) is 4.79 Å². The van der Waals surface area contributed by atoms with Crippen LogP contribution >= 0.6 is 0 Å². The third-order valence-electron chi connectivity index (χ3n) is 3.32. The molecule has 1 aromatic rings. The molecule has 1 aliphatic rings. The zero-order valence-corrected chi connectivity index (χ0v) is 11.9. The molecule has 2 rings (SSSR count). The lowest BCUT2D eigenvalue weighted by Crippen LogP contribution is -2.39. The van der Waals surface area contributed by atoms with Crippen molar-refractivity contribution in [1.29, 1.82) is 0 Å². The molecule has 0 saturated carbocycles. The molecular formula is C14H19N5O2. The number of nitrogens with two attached hydrogens (primary N) is 2. The normalized spacial score (nSPS) is 20.2. The number of rotatable bonds is 2. The maximum absolute atomic E-state index is 11.8. The smallest absolute Gasteiger partial charge is 0.229 e. The standard InChI is InChI=1S/C14H19N5O2/c1-9-4-2-3-5-11(9)17-13(15)18-14(16)19-7-10(8-20)6-12(19)21/h2-5,10,20H,6-8H2,1H3,(H4,15,16,17,18). The number of carbonyl (C=O) groups is 1. The van der Waals surface area contributed by atoms with Crippen molar-refractivity contribution >= 4 is 23.5 Å². The zero-order valence-electron chi connectivity index (χ0n) is 11.9. The molecule has 0 spiro atoms. The number of aliphatic hydroxyl groups excluding tert-OH is 1. The molecule has 1 atom stereocenters. The maximum atomic E-state index is 11.8. The van der Waals surface area contributed by atoms with Crippen molar-refractivity contribution in [2.75, 3.05) is 13.2 Å². The molecule has 5 N–H and O–H groups in total. The molecule has 1 saturated heterocycles. The van der Waals surface area contributed by atoms with Gasteiger partial charge in [-0.15, -0.1) is 0 Å². The molecule has 1 unspecified atom stereocenters. The van der Waals surface area contributed by atoms with E-state index >= 15 is 0 Å². The second kappa shape index (κ2) is 6.36. The van der Waals surface area contributed by atoms with Gasteiger partial charge in [0.15, 0.2) is 0 Å². The molecule has 112 valence electrons. The van der Waals surface area contributed by atoms with Gasteiger partial charge in [-0.3, -0.25) is 9.69 Å². The van der Waals surface area contributed by atoms with E-state index in [4.69, 9.17) is 16.6 Å². The third-order valence-corrected chi connectivity index (χ3v) is 3.32. The van der Waals surface area contributed by atoms with Crippen LogP contribution in [0.25, 0.3) is 0 Å². The van der Waals surface area contributed by atoms with Gasteiger partial charge in [0.1, 0.15) is 0 Å². The van der Waals surface area contributed by atoms with Crippen LogP contribution in [0.15, 0.2) is 34.3 Å². The number of para-hydroxylation sites is 1. The fraction of sp³-hybridized carbons (Fsp3) is 0.357. The number of aliphatic imine (C=N–C) groups is 2. The first-order chi connectivity index (χ1) is 10.0. The molecule has 0 bridgehead atoms. The summed E-state index contributed by atoms with van der Waals surface area (Å²) in [6.07, 6.45) is 0.265. The molecule has 0 aromatic heterocycles. The van der Waals surface area contributed by atoms with Gasteiger partial charge in [-0.1, -0.05) is 18.2 Å².